The molecule has 0 aliphatic heterocycles. The number of hydrogen-bond acceptors (Lipinski definition) is 4. The van der Waals surface area contributed by atoms with Crippen LogP contribution in [0.3, 0.4) is 0 Å². The number of aryl methyl sites for hydroxylation is 1. The number of likely N-dealkylation sites (N-methyl/N-ethyl adjacent to an activating group) is 1. The Kier molecular flexibility index (Phi) is 6.91. The van der Waals surface area contributed by atoms with Crippen molar-refractivity contribution in [2.24, 2.45) is 0 Å². The average molecular weight is 406 g/mol. The van der Waals surface area contributed by atoms with E-state index in [1.807, 2.05) is 50.2 Å². The first-order valence-corrected chi connectivity index (χ1v) is 9.97. The lowest BCUT2D eigenvalue weighted by atomic mass is 10.1. The van der Waals surface area contributed by atoms with Crippen LogP contribution >= 0.6 is 0 Å². The molecule has 0 atom stereocenters. The second kappa shape index (κ2) is 9.78. The second-order valence-electron chi connectivity index (χ2n) is 6.72. The third kappa shape index (κ3) is 4.71. The Hall–Kier alpha value is -3.54. The summed E-state index contributed by atoms with van der Waals surface area (Å²) in [6, 6.07) is 14.9. The van der Waals surface area contributed by atoms with E-state index in [9.17, 15) is 9.59 Å². The Morgan fingerprint density at radius 1 is 1.10 bits per heavy atom. The minimum absolute atomic E-state index is 0.0511. The zero-order chi connectivity index (χ0) is 21.5. The Morgan fingerprint density at radius 3 is 2.57 bits per heavy atom. The summed E-state index contributed by atoms with van der Waals surface area (Å²) in [5.74, 6) is 0.877. The number of para-hydroxylation sites is 3. The van der Waals surface area contributed by atoms with Crippen molar-refractivity contribution >= 4 is 34.5 Å². The van der Waals surface area contributed by atoms with E-state index in [2.05, 4.69) is 5.32 Å². The fourth-order valence-electron chi connectivity index (χ4n) is 3.28. The number of rotatable bonds is 8. The number of hydrogen-bond donors (Lipinski definition) is 1. The van der Waals surface area contributed by atoms with Crippen LogP contribution in [0.1, 0.15) is 25.2 Å². The van der Waals surface area contributed by atoms with Crippen molar-refractivity contribution in [3.63, 3.8) is 0 Å². The van der Waals surface area contributed by atoms with Crippen LogP contribution in [0.25, 0.3) is 17.0 Å². The molecular weight excluding hydrogens is 380 g/mol. The number of carbonyl (C=O) groups is 2. The Morgan fingerprint density at radius 2 is 1.83 bits per heavy atom. The molecule has 30 heavy (non-hydrogen) atoms. The average Bonchev–Trinajstić information content (AvgIpc) is 3.13. The molecule has 1 N–H and O–H groups in total. The van der Waals surface area contributed by atoms with Crippen LogP contribution in [0.5, 0.6) is 5.75 Å². The van der Waals surface area contributed by atoms with Gasteiger partial charge in [0.2, 0.25) is 11.8 Å². The molecule has 0 unspecified atom stereocenters. The highest BCUT2D eigenvalue weighted by atomic mass is 16.5. The number of nitrogens with zero attached hydrogens (tertiary/aromatic N) is 1. The van der Waals surface area contributed by atoms with Crippen LogP contribution in [0.15, 0.2) is 59.0 Å². The SMILES string of the molecule is CCc1oc2ccccc2c1/C=C/C(=O)N(CC)CC(=O)Nc1ccccc1OC. The van der Waals surface area contributed by atoms with Crippen LogP contribution in [0.2, 0.25) is 0 Å². The highest BCUT2D eigenvalue weighted by Gasteiger charge is 2.16. The molecule has 6 nitrogen and oxygen atoms in total. The maximum absolute atomic E-state index is 12.7. The molecule has 1 aromatic heterocycles. The van der Waals surface area contributed by atoms with Gasteiger partial charge in [0.15, 0.2) is 0 Å². The lowest BCUT2D eigenvalue weighted by Gasteiger charge is -2.19. The van der Waals surface area contributed by atoms with E-state index >= 15 is 0 Å². The maximum atomic E-state index is 12.7. The van der Waals surface area contributed by atoms with E-state index in [0.717, 1.165) is 28.7 Å². The largest absolute Gasteiger partial charge is 0.495 e. The van der Waals surface area contributed by atoms with E-state index in [0.29, 0.717) is 18.0 Å². The molecule has 0 saturated heterocycles. The predicted octanol–water partition coefficient (Wildman–Crippen LogP) is 4.50. The third-order valence-corrected chi connectivity index (χ3v) is 4.83. The molecule has 0 aliphatic rings. The number of anilines is 1. The van der Waals surface area contributed by atoms with Crippen molar-refractivity contribution in [1.29, 1.82) is 0 Å². The highest BCUT2D eigenvalue weighted by Crippen LogP contribution is 2.27. The molecule has 2 amide bonds. The van der Waals surface area contributed by atoms with Crippen LogP contribution in [-0.4, -0.2) is 36.9 Å². The first-order chi connectivity index (χ1) is 14.6. The topological polar surface area (TPSA) is 71.8 Å². The molecule has 1 heterocycles. The van der Waals surface area contributed by atoms with Gasteiger partial charge in [0.25, 0.3) is 0 Å². The highest BCUT2D eigenvalue weighted by molar-refractivity contribution is 6.00. The molecule has 0 saturated carbocycles. The van der Waals surface area contributed by atoms with Crippen LogP contribution in [0.4, 0.5) is 5.69 Å². The van der Waals surface area contributed by atoms with Crippen molar-refractivity contribution in [3.8, 4) is 5.75 Å². The quantitative estimate of drug-likeness (QED) is 0.559. The smallest absolute Gasteiger partial charge is 0.247 e. The number of nitrogens with one attached hydrogen (secondary N) is 1. The first kappa shape index (κ1) is 21.2. The Bertz CT molecular complexity index is 1070. The van der Waals surface area contributed by atoms with E-state index in [1.165, 1.54) is 11.0 Å². The summed E-state index contributed by atoms with van der Waals surface area (Å²) in [5, 5.41) is 3.76. The Balaban J connectivity index is 1.71. The summed E-state index contributed by atoms with van der Waals surface area (Å²) in [6.07, 6.45) is 3.99. The summed E-state index contributed by atoms with van der Waals surface area (Å²) < 4.78 is 11.1. The number of carbonyl (C=O) groups excluding carboxylic acids is 2. The molecule has 0 spiro atoms. The van der Waals surface area contributed by atoms with Crippen molar-refractivity contribution in [3.05, 3.63) is 65.9 Å². The van der Waals surface area contributed by atoms with Gasteiger partial charge in [-0.3, -0.25) is 9.59 Å². The number of fused-ring (bicyclic) bond motifs is 1. The molecule has 3 rings (SSSR count). The molecular formula is C24H26N2O4. The van der Waals surface area contributed by atoms with Gasteiger partial charge in [0, 0.05) is 30.0 Å². The number of amides is 2. The van der Waals surface area contributed by atoms with Crippen LogP contribution < -0.4 is 10.1 Å². The van der Waals surface area contributed by atoms with Crippen LogP contribution in [-0.2, 0) is 16.0 Å². The van der Waals surface area contributed by atoms with E-state index in [-0.39, 0.29) is 18.4 Å². The second-order valence-corrected chi connectivity index (χ2v) is 6.72. The summed E-state index contributed by atoms with van der Waals surface area (Å²) in [7, 11) is 1.54. The van der Waals surface area contributed by atoms with E-state index < -0.39 is 0 Å². The number of methoxy groups -OCH3 is 1. The summed E-state index contributed by atoms with van der Waals surface area (Å²) in [6.45, 7) is 4.21. The van der Waals surface area contributed by atoms with Crippen molar-refractivity contribution < 1.29 is 18.7 Å². The van der Waals surface area contributed by atoms with Gasteiger partial charge in [-0.25, -0.2) is 0 Å². The zero-order valence-electron chi connectivity index (χ0n) is 17.5. The van der Waals surface area contributed by atoms with Gasteiger partial charge >= 0.3 is 0 Å². The number of furan rings is 1. The summed E-state index contributed by atoms with van der Waals surface area (Å²) in [5.41, 5.74) is 2.27. The van der Waals surface area contributed by atoms with Crippen molar-refractivity contribution in [2.45, 2.75) is 20.3 Å². The van der Waals surface area contributed by atoms with Gasteiger partial charge in [-0.1, -0.05) is 37.3 Å². The molecule has 0 fully saturated rings. The van der Waals surface area contributed by atoms with E-state index in [4.69, 9.17) is 9.15 Å². The van der Waals surface area contributed by atoms with Crippen molar-refractivity contribution in [1.82, 2.24) is 4.90 Å². The lowest BCUT2D eigenvalue weighted by molar-refractivity contribution is -0.130. The summed E-state index contributed by atoms with van der Waals surface area (Å²) in [4.78, 5) is 26.7. The lowest BCUT2D eigenvalue weighted by Crippen LogP contribution is -2.36. The molecule has 156 valence electrons. The molecule has 2 aromatic carbocycles. The molecule has 0 radical (unpaired) electrons. The van der Waals surface area contributed by atoms with Gasteiger partial charge < -0.3 is 19.4 Å². The van der Waals surface area contributed by atoms with Gasteiger partial charge in [-0.2, -0.15) is 0 Å². The standard InChI is InChI=1S/C24H26N2O4/c1-4-20-18(17-10-6-8-12-21(17)30-20)14-15-24(28)26(5-2)16-23(27)25-19-11-7-9-13-22(19)29-3/h6-15H,4-5,16H2,1-3H3,(H,25,27)/b15-14+. The minimum atomic E-state index is -0.286. The van der Waals surface area contributed by atoms with E-state index in [1.54, 1.807) is 25.3 Å². The normalized spacial score (nSPS) is 11.0. The van der Waals surface area contributed by atoms with Gasteiger partial charge in [-0.05, 0) is 31.2 Å². The minimum Gasteiger partial charge on any atom is -0.495 e. The fraction of sp³-hybridized carbons (Fsp3) is 0.250. The number of benzene rings is 2. The van der Waals surface area contributed by atoms with Gasteiger partial charge in [-0.15, -0.1) is 0 Å². The first-order valence-electron chi connectivity index (χ1n) is 9.97. The summed E-state index contributed by atoms with van der Waals surface area (Å²) >= 11 is 0. The van der Waals surface area contributed by atoms with Crippen molar-refractivity contribution in [2.75, 3.05) is 25.5 Å². The third-order valence-electron chi connectivity index (χ3n) is 4.83. The molecule has 0 aliphatic carbocycles. The molecule has 0 bridgehead atoms. The maximum Gasteiger partial charge on any atom is 0.247 e. The number of ether oxygens (including phenoxy) is 1. The van der Waals surface area contributed by atoms with Gasteiger partial charge in [0.05, 0.1) is 12.8 Å². The monoisotopic (exact) mass is 406 g/mol. The van der Waals surface area contributed by atoms with Crippen LogP contribution in [0, 0.1) is 0 Å². The predicted molar refractivity (Wildman–Crippen MR) is 119 cm³/mol. The molecule has 6 heteroatoms. The van der Waals surface area contributed by atoms with Gasteiger partial charge in [0.1, 0.15) is 23.6 Å². The fourth-order valence-corrected chi connectivity index (χ4v) is 3.28. The Labute approximate surface area is 176 Å². The zero-order valence-corrected chi connectivity index (χ0v) is 17.5. The molecule has 3 aromatic rings.